The zero-order valence-electron chi connectivity index (χ0n) is 22.4. The van der Waals surface area contributed by atoms with E-state index >= 15 is 0 Å². The molecule has 0 saturated heterocycles. The minimum Gasteiger partial charge on any atom is -0.416 e. The van der Waals surface area contributed by atoms with E-state index in [-0.39, 0.29) is 5.92 Å². The second-order valence-corrected chi connectivity index (χ2v) is 11.2. The van der Waals surface area contributed by atoms with Gasteiger partial charge in [0.15, 0.2) is 0 Å². The average molecular weight is 588 g/mol. The molecule has 0 aliphatic carbocycles. The van der Waals surface area contributed by atoms with Gasteiger partial charge in [0.25, 0.3) is 0 Å². The van der Waals surface area contributed by atoms with E-state index < -0.39 is 0 Å². The third kappa shape index (κ3) is 3.87. The maximum Gasteiger partial charge on any atom is 0.250 e. The Morgan fingerprint density at radius 1 is 0.595 bits per heavy atom. The highest BCUT2D eigenvalue weighted by atomic mass is 35.5. The van der Waals surface area contributed by atoms with Crippen molar-refractivity contribution in [1.82, 2.24) is 22.9 Å². The van der Waals surface area contributed by atoms with Gasteiger partial charge in [0, 0.05) is 82.3 Å². The lowest BCUT2D eigenvalue weighted by Crippen LogP contribution is -2.02. The van der Waals surface area contributed by atoms with E-state index in [0.29, 0.717) is 11.8 Å². The monoisotopic (exact) mass is 587 g/mol. The predicted octanol–water partition coefficient (Wildman–Crippen LogP) is 8.99. The standard InChI is InChI=1S/C34H23Cl2N5O/c1-39-18-28(25-10-2-5-11-29(25)39)34-38-37-33(42-34)22-16-14-21(15-17-22)32(26-19-40(35)30-12-6-3-8-23(26)30)27-20-41(36)31-13-7-4-9-24(27)31/h2-20,32H,1H3. The molecule has 4 heterocycles. The summed E-state index contributed by atoms with van der Waals surface area (Å²) in [4.78, 5) is 0. The van der Waals surface area contributed by atoms with Crippen LogP contribution in [-0.4, -0.2) is 22.9 Å². The summed E-state index contributed by atoms with van der Waals surface area (Å²) in [5.41, 5.74) is 8.06. The molecule has 0 aliphatic heterocycles. The van der Waals surface area contributed by atoms with Crippen molar-refractivity contribution in [3.05, 3.63) is 132 Å². The van der Waals surface area contributed by atoms with Crippen molar-refractivity contribution in [1.29, 1.82) is 0 Å². The summed E-state index contributed by atoms with van der Waals surface area (Å²) in [5, 5.41) is 12.0. The molecule has 204 valence electrons. The van der Waals surface area contributed by atoms with Crippen LogP contribution in [0.4, 0.5) is 0 Å². The maximum atomic E-state index is 6.67. The van der Waals surface area contributed by atoms with E-state index in [2.05, 4.69) is 51.2 Å². The Kier molecular flexibility index (Phi) is 5.74. The molecule has 0 radical (unpaired) electrons. The summed E-state index contributed by atoms with van der Waals surface area (Å²) in [6, 6.07) is 32.8. The number of hydrogen-bond acceptors (Lipinski definition) is 3. The van der Waals surface area contributed by atoms with Crippen LogP contribution in [0.3, 0.4) is 0 Å². The van der Waals surface area contributed by atoms with Crippen LogP contribution in [-0.2, 0) is 7.05 Å². The van der Waals surface area contributed by atoms with E-state index in [1.54, 1.807) is 8.17 Å². The summed E-state index contributed by atoms with van der Waals surface area (Å²) in [6.45, 7) is 0. The Hall–Kier alpha value is -4.78. The Morgan fingerprint density at radius 2 is 1.12 bits per heavy atom. The fourth-order valence-corrected chi connectivity index (χ4v) is 6.60. The highest BCUT2D eigenvalue weighted by Crippen LogP contribution is 2.42. The van der Waals surface area contributed by atoms with Gasteiger partial charge in [-0.05, 0) is 47.0 Å². The molecule has 0 fully saturated rings. The van der Waals surface area contributed by atoms with Crippen LogP contribution < -0.4 is 0 Å². The third-order valence-electron chi connectivity index (χ3n) is 8.06. The number of fused-ring (bicyclic) bond motifs is 3. The van der Waals surface area contributed by atoms with Gasteiger partial charge in [-0.25, -0.2) is 0 Å². The van der Waals surface area contributed by atoms with Gasteiger partial charge in [-0.1, -0.05) is 66.7 Å². The molecule has 8 rings (SSSR count). The molecule has 8 aromatic rings. The highest BCUT2D eigenvalue weighted by Gasteiger charge is 2.26. The number of rotatable bonds is 5. The minimum atomic E-state index is -0.122. The lowest BCUT2D eigenvalue weighted by Gasteiger charge is -2.17. The number of nitrogens with zero attached hydrogens (tertiary/aromatic N) is 5. The van der Waals surface area contributed by atoms with Crippen molar-refractivity contribution in [2.45, 2.75) is 5.92 Å². The summed E-state index contributed by atoms with van der Waals surface area (Å²) in [6.07, 6.45) is 6.02. The van der Waals surface area contributed by atoms with E-state index in [4.69, 9.17) is 28.0 Å². The molecule has 42 heavy (non-hydrogen) atoms. The first-order valence-corrected chi connectivity index (χ1v) is 14.2. The van der Waals surface area contributed by atoms with Crippen molar-refractivity contribution >= 4 is 56.3 Å². The lowest BCUT2D eigenvalue weighted by molar-refractivity contribution is 0.585. The molecule has 4 aromatic carbocycles. The Bertz CT molecular complexity index is 2170. The fraction of sp³-hybridized carbons (Fsp3) is 0.0588. The van der Waals surface area contributed by atoms with E-state index in [0.717, 1.165) is 60.5 Å². The van der Waals surface area contributed by atoms with Gasteiger partial charge in [-0.3, -0.25) is 8.17 Å². The normalized spacial score (nSPS) is 11.9. The van der Waals surface area contributed by atoms with Crippen LogP contribution in [0.1, 0.15) is 22.6 Å². The summed E-state index contributed by atoms with van der Waals surface area (Å²) in [5.74, 6) is 0.840. The molecule has 0 spiro atoms. The van der Waals surface area contributed by atoms with Crippen molar-refractivity contribution in [3.63, 3.8) is 0 Å². The Balaban J connectivity index is 1.23. The predicted molar refractivity (Wildman–Crippen MR) is 169 cm³/mol. The average Bonchev–Trinajstić information content (AvgIpc) is 3.80. The minimum absolute atomic E-state index is 0.122. The first kappa shape index (κ1) is 25.0. The number of hydrogen-bond donors (Lipinski definition) is 0. The van der Waals surface area contributed by atoms with Crippen LogP contribution in [0.2, 0.25) is 0 Å². The molecular formula is C34H23Cl2N5O. The molecule has 0 atom stereocenters. The van der Waals surface area contributed by atoms with Crippen LogP contribution >= 0.6 is 23.6 Å². The number of aryl methyl sites for hydroxylation is 1. The molecule has 0 amide bonds. The summed E-state index contributed by atoms with van der Waals surface area (Å²) < 4.78 is 11.6. The first-order valence-electron chi connectivity index (χ1n) is 13.6. The van der Waals surface area contributed by atoms with E-state index in [9.17, 15) is 0 Å². The molecule has 6 nitrogen and oxygen atoms in total. The maximum absolute atomic E-state index is 6.67. The smallest absolute Gasteiger partial charge is 0.250 e. The Labute approximate surface area is 251 Å². The molecule has 0 saturated carbocycles. The number of halogens is 2. The van der Waals surface area contributed by atoms with Crippen molar-refractivity contribution in [3.8, 4) is 22.9 Å². The second kappa shape index (κ2) is 9.65. The van der Waals surface area contributed by atoms with Gasteiger partial charge in [-0.15, -0.1) is 10.2 Å². The van der Waals surface area contributed by atoms with E-state index in [1.807, 2.05) is 86.3 Å². The van der Waals surface area contributed by atoms with Gasteiger partial charge >= 0.3 is 0 Å². The van der Waals surface area contributed by atoms with Gasteiger partial charge in [0.05, 0.1) is 16.6 Å². The van der Waals surface area contributed by atoms with Crippen LogP contribution in [0.15, 0.2) is 120 Å². The van der Waals surface area contributed by atoms with Crippen LogP contribution in [0.25, 0.3) is 55.6 Å². The third-order valence-corrected chi connectivity index (χ3v) is 8.62. The number of para-hydroxylation sites is 3. The zero-order valence-corrected chi connectivity index (χ0v) is 24.0. The summed E-state index contributed by atoms with van der Waals surface area (Å²) in [7, 11) is 2.02. The van der Waals surface area contributed by atoms with Crippen molar-refractivity contribution in [2.24, 2.45) is 7.05 Å². The highest BCUT2D eigenvalue weighted by molar-refractivity contribution is 6.20. The first-order chi connectivity index (χ1) is 20.6. The fourth-order valence-electron chi connectivity index (χ4n) is 6.10. The molecule has 0 N–H and O–H groups in total. The zero-order chi connectivity index (χ0) is 28.4. The summed E-state index contributed by atoms with van der Waals surface area (Å²) >= 11 is 13.3. The van der Waals surface area contributed by atoms with E-state index in [1.165, 1.54) is 0 Å². The topological polar surface area (TPSA) is 53.7 Å². The van der Waals surface area contributed by atoms with Crippen LogP contribution in [0.5, 0.6) is 0 Å². The molecule has 0 aliphatic rings. The molecule has 8 heteroatoms. The second-order valence-electron chi connectivity index (χ2n) is 10.5. The Morgan fingerprint density at radius 3 is 1.74 bits per heavy atom. The molecule has 4 aromatic heterocycles. The molecule has 0 unspecified atom stereocenters. The van der Waals surface area contributed by atoms with Crippen molar-refractivity contribution < 1.29 is 4.42 Å². The quantitative estimate of drug-likeness (QED) is 0.202. The largest absolute Gasteiger partial charge is 0.416 e. The van der Waals surface area contributed by atoms with Gasteiger partial charge < -0.3 is 8.98 Å². The lowest BCUT2D eigenvalue weighted by atomic mass is 9.84. The van der Waals surface area contributed by atoms with Gasteiger partial charge in [0.1, 0.15) is 0 Å². The van der Waals surface area contributed by atoms with Gasteiger partial charge in [0.2, 0.25) is 11.8 Å². The number of aromatic nitrogens is 5. The van der Waals surface area contributed by atoms with Crippen LogP contribution in [0, 0.1) is 0 Å². The SMILES string of the molecule is Cn1cc(-c2nnc(-c3ccc(C(c4cn(Cl)c5ccccc45)c4cn(Cl)c5ccccc45)cc3)o2)c2ccccc21. The molecule has 0 bridgehead atoms. The number of benzene rings is 4. The molecular weight excluding hydrogens is 565 g/mol. The van der Waals surface area contributed by atoms with Crippen molar-refractivity contribution in [2.75, 3.05) is 0 Å². The van der Waals surface area contributed by atoms with Gasteiger partial charge in [-0.2, -0.15) is 0 Å².